The fraction of sp³-hybridized carbons (Fsp3) is 0.194. The SMILES string of the molecule is O=C1C(=Cc2cn(-c3ccccc3)nc2-c2cccc(OCc3ccccc3Cl)c2)SC(=S)N1CC1CCCO1. The number of hydrogen-bond donors (Lipinski definition) is 0. The van der Waals surface area contributed by atoms with Crippen LogP contribution in [0.4, 0.5) is 0 Å². The summed E-state index contributed by atoms with van der Waals surface area (Å²) >= 11 is 13.2. The molecule has 2 aliphatic rings. The lowest BCUT2D eigenvalue weighted by molar-refractivity contribution is -0.123. The first kappa shape index (κ1) is 26.8. The predicted octanol–water partition coefficient (Wildman–Crippen LogP) is 7.15. The Morgan fingerprint density at radius 3 is 2.73 bits per heavy atom. The number of carbonyl (C=O) groups excluding carboxylic acids is 1. The molecule has 0 saturated carbocycles. The lowest BCUT2D eigenvalue weighted by Crippen LogP contribution is -2.35. The normalized spacial score (nSPS) is 18.2. The number of amides is 1. The molecular formula is C31H26ClN3O3S2. The molecule has 0 bridgehead atoms. The number of halogens is 1. The monoisotopic (exact) mass is 587 g/mol. The van der Waals surface area contributed by atoms with E-state index in [1.54, 1.807) is 4.90 Å². The second kappa shape index (κ2) is 12.0. The van der Waals surface area contributed by atoms with Crippen LogP contribution in [0.25, 0.3) is 23.0 Å². The smallest absolute Gasteiger partial charge is 0.266 e. The van der Waals surface area contributed by atoms with Gasteiger partial charge >= 0.3 is 0 Å². The lowest BCUT2D eigenvalue weighted by atomic mass is 10.1. The first-order chi connectivity index (χ1) is 19.5. The Kier molecular flexibility index (Phi) is 8.02. The van der Waals surface area contributed by atoms with E-state index in [1.807, 2.05) is 95.8 Å². The Morgan fingerprint density at radius 2 is 1.93 bits per heavy atom. The van der Waals surface area contributed by atoms with Crippen LogP contribution in [0.2, 0.25) is 5.02 Å². The van der Waals surface area contributed by atoms with Crippen LogP contribution in [-0.4, -0.2) is 44.2 Å². The largest absolute Gasteiger partial charge is 0.489 e. The second-order valence-electron chi connectivity index (χ2n) is 9.55. The molecule has 0 N–H and O–H groups in total. The molecule has 9 heteroatoms. The van der Waals surface area contributed by atoms with Crippen molar-refractivity contribution >= 4 is 51.9 Å². The molecule has 0 radical (unpaired) electrons. The zero-order valence-corrected chi connectivity index (χ0v) is 23.9. The summed E-state index contributed by atoms with van der Waals surface area (Å²) in [5.41, 5.74) is 4.24. The molecule has 2 fully saturated rings. The highest BCUT2D eigenvalue weighted by atomic mass is 35.5. The number of ether oxygens (including phenoxy) is 2. The van der Waals surface area contributed by atoms with Crippen LogP contribution < -0.4 is 4.74 Å². The van der Waals surface area contributed by atoms with Gasteiger partial charge in [-0.3, -0.25) is 9.69 Å². The summed E-state index contributed by atoms with van der Waals surface area (Å²) in [4.78, 5) is 15.6. The highest BCUT2D eigenvalue weighted by Gasteiger charge is 2.35. The molecule has 1 atom stereocenters. The summed E-state index contributed by atoms with van der Waals surface area (Å²) in [5, 5.41) is 5.59. The molecule has 3 aromatic carbocycles. The van der Waals surface area contributed by atoms with Crippen molar-refractivity contribution in [1.82, 2.24) is 14.7 Å². The maximum Gasteiger partial charge on any atom is 0.266 e. The quantitative estimate of drug-likeness (QED) is 0.161. The van der Waals surface area contributed by atoms with E-state index >= 15 is 0 Å². The second-order valence-corrected chi connectivity index (χ2v) is 11.6. The maximum atomic E-state index is 13.4. The number of aromatic nitrogens is 2. The summed E-state index contributed by atoms with van der Waals surface area (Å²) in [6, 6.07) is 25.3. The number of thiocarbonyl (C=S) groups is 1. The number of carbonyl (C=O) groups is 1. The fourth-order valence-electron chi connectivity index (χ4n) is 4.73. The van der Waals surface area contributed by atoms with Crippen LogP contribution in [0.3, 0.4) is 0 Å². The standard InChI is InChI=1S/C31H26ClN3O3S2/c32-27-14-5-4-8-22(27)20-38-25-12-6-9-21(16-25)29-23(18-35(33-29)24-10-2-1-3-11-24)17-28-30(36)34(31(39)40-28)19-26-13-7-15-37-26/h1-6,8-12,14,16-18,26H,7,13,15,19-20H2. The highest BCUT2D eigenvalue weighted by molar-refractivity contribution is 8.26. The van der Waals surface area contributed by atoms with Gasteiger partial charge in [-0.2, -0.15) is 5.10 Å². The van der Waals surface area contributed by atoms with Gasteiger partial charge in [-0.15, -0.1) is 0 Å². The number of rotatable bonds is 8. The Bertz CT molecular complexity index is 1580. The number of benzene rings is 3. The highest BCUT2D eigenvalue weighted by Crippen LogP contribution is 2.36. The first-order valence-corrected chi connectivity index (χ1v) is 14.6. The summed E-state index contributed by atoms with van der Waals surface area (Å²) in [6.45, 7) is 1.57. The number of para-hydroxylation sites is 1. The van der Waals surface area contributed by atoms with Gasteiger partial charge in [-0.05, 0) is 49.2 Å². The van der Waals surface area contributed by atoms with Crippen molar-refractivity contribution in [2.24, 2.45) is 0 Å². The maximum absolute atomic E-state index is 13.4. The van der Waals surface area contributed by atoms with E-state index in [-0.39, 0.29) is 12.0 Å². The molecule has 1 unspecified atom stereocenters. The molecule has 1 amide bonds. The van der Waals surface area contributed by atoms with E-state index in [0.29, 0.717) is 33.1 Å². The van der Waals surface area contributed by atoms with Gasteiger partial charge in [-0.25, -0.2) is 4.68 Å². The van der Waals surface area contributed by atoms with Crippen LogP contribution >= 0.6 is 35.6 Å². The molecule has 6 rings (SSSR count). The molecule has 1 aromatic heterocycles. The van der Waals surface area contributed by atoms with Gasteiger partial charge in [0.25, 0.3) is 5.91 Å². The third kappa shape index (κ3) is 5.86. The zero-order chi connectivity index (χ0) is 27.5. The zero-order valence-electron chi connectivity index (χ0n) is 21.5. The fourth-order valence-corrected chi connectivity index (χ4v) is 6.19. The van der Waals surface area contributed by atoms with Gasteiger partial charge in [-0.1, -0.05) is 84.1 Å². The minimum Gasteiger partial charge on any atom is -0.489 e. The van der Waals surface area contributed by atoms with Gasteiger partial charge in [0.15, 0.2) is 0 Å². The average molecular weight is 588 g/mol. The molecule has 4 aromatic rings. The van der Waals surface area contributed by atoms with E-state index in [4.69, 9.17) is 38.4 Å². The molecule has 202 valence electrons. The lowest BCUT2D eigenvalue weighted by Gasteiger charge is -2.18. The van der Waals surface area contributed by atoms with Crippen LogP contribution in [0, 0.1) is 0 Å². The number of thioether (sulfide) groups is 1. The van der Waals surface area contributed by atoms with Crippen molar-refractivity contribution < 1.29 is 14.3 Å². The van der Waals surface area contributed by atoms with Crippen molar-refractivity contribution in [3.63, 3.8) is 0 Å². The Balaban J connectivity index is 1.32. The van der Waals surface area contributed by atoms with Gasteiger partial charge in [0.2, 0.25) is 0 Å². The number of hydrogen-bond acceptors (Lipinski definition) is 6. The Labute approximate surface area is 247 Å². The van der Waals surface area contributed by atoms with Crippen LogP contribution in [0.15, 0.2) is 90.0 Å². The van der Waals surface area contributed by atoms with Crippen LogP contribution in [0.1, 0.15) is 24.0 Å². The molecule has 0 spiro atoms. The topological polar surface area (TPSA) is 56.6 Å². The first-order valence-electron chi connectivity index (χ1n) is 13.0. The third-order valence-electron chi connectivity index (χ3n) is 6.79. The van der Waals surface area contributed by atoms with Crippen molar-refractivity contribution in [2.75, 3.05) is 13.2 Å². The van der Waals surface area contributed by atoms with E-state index in [0.717, 1.165) is 47.5 Å². The summed E-state index contributed by atoms with van der Waals surface area (Å²) in [7, 11) is 0. The van der Waals surface area contributed by atoms with Crippen molar-refractivity contribution in [1.29, 1.82) is 0 Å². The van der Waals surface area contributed by atoms with E-state index < -0.39 is 0 Å². The van der Waals surface area contributed by atoms with Crippen molar-refractivity contribution in [3.05, 3.63) is 106 Å². The van der Waals surface area contributed by atoms with Gasteiger partial charge in [0.05, 0.1) is 23.2 Å². The molecule has 3 heterocycles. The molecule has 0 aliphatic carbocycles. The summed E-state index contributed by atoms with van der Waals surface area (Å²) in [5.74, 6) is 0.598. The molecule has 2 saturated heterocycles. The third-order valence-corrected chi connectivity index (χ3v) is 8.54. The minimum atomic E-state index is -0.0965. The predicted molar refractivity (Wildman–Crippen MR) is 164 cm³/mol. The van der Waals surface area contributed by atoms with Gasteiger partial charge < -0.3 is 9.47 Å². The van der Waals surface area contributed by atoms with E-state index in [9.17, 15) is 4.79 Å². The summed E-state index contributed by atoms with van der Waals surface area (Å²) in [6.07, 6.45) is 5.81. The molecule has 40 heavy (non-hydrogen) atoms. The van der Waals surface area contributed by atoms with Gasteiger partial charge in [0, 0.05) is 34.5 Å². The molecule has 6 nitrogen and oxygen atoms in total. The minimum absolute atomic E-state index is 0.0340. The van der Waals surface area contributed by atoms with Crippen molar-refractivity contribution in [3.8, 4) is 22.7 Å². The number of nitrogens with zero attached hydrogens (tertiary/aromatic N) is 3. The van der Waals surface area contributed by atoms with Gasteiger partial charge in [0.1, 0.15) is 22.4 Å². The molecule has 2 aliphatic heterocycles. The van der Waals surface area contributed by atoms with E-state index in [1.165, 1.54) is 11.8 Å². The van der Waals surface area contributed by atoms with E-state index in [2.05, 4.69) is 0 Å². The van der Waals surface area contributed by atoms with Crippen LogP contribution in [-0.2, 0) is 16.1 Å². The average Bonchev–Trinajstić information content (AvgIpc) is 3.71. The van der Waals surface area contributed by atoms with Crippen LogP contribution in [0.5, 0.6) is 5.75 Å². The Morgan fingerprint density at radius 1 is 1.10 bits per heavy atom. The Hall–Kier alpha value is -3.43. The summed E-state index contributed by atoms with van der Waals surface area (Å²) < 4.78 is 14.2. The molecular weight excluding hydrogens is 562 g/mol. The van der Waals surface area contributed by atoms with Crippen molar-refractivity contribution in [2.45, 2.75) is 25.6 Å².